The van der Waals surface area contributed by atoms with E-state index in [1.54, 1.807) is 18.2 Å². The molecular formula is C20H14ClFN4O2. The first-order valence-corrected chi connectivity index (χ1v) is 8.66. The maximum atomic E-state index is 13.4. The van der Waals surface area contributed by atoms with Crippen molar-refractivity contribution >= 4 is 51.4 Å². The summed E-state index contributed by atoms with van der Waals surface area (Å²) in [6.45, 7) is 0. The van der Waals surface area contributed by atoms with Crippen molar-refractivity contribution in [3.05, 3.63) is 77.3 Å². The highest BCUT2D eigenvalue weighted by molar-refractivity contribution is 6.31. The number of aromatic nitrogens is 1. The normalized spacial score (nSPS) is 10.8. The van der Waals surface area contributed by atoms with Crippen LogP contribution in [0, 0.1) is 5.82 Å². The minimum Gasteiger partial charge on any atom is -0.436 e. The van der Waals surface area contributed by atoms with Crippen molar-refractivity contribution in [1.82, 2.24) is 4.98 Å². The van der Waals surface area contributed by atoms with Crippen molar-refractivity contribution in [3.63, 3.8) is 0 Å². The summed E-state index contributed by atoms with van der Waals surface area (Å²) in [5.74, 6) is -0.888. The number of carbonyl (C=O) groups is 1. The van der Waals surface area contributed by atoms with Gasteiger partial charge in [0, 0.05) is 17.6 Å². The highest BCUT2D eigenvalue weighted by Gasteiger charge is 2.20. The Morgan fingerprint density at radius 1 is 1.11 bits per heavy atom. The summed E-state index contributed by atoms with van der Waals surface area (Å²) in [6, 6.07) is 14.9. The SMILES string of the molecule is Nc1oc2c(C(=O)Nc3ccccc3)nccc2c1Nc1ccc(F)c(Cl)c1. The van der Waals surface area contributed by atoms with Crippen molar-refractivity contribution in [2.24, 2.45) is 0 Å². The second kappa shape index (κ2) is 7.21. The summed E-state index contributed by atoms with van der Waals surface area (Å²) in [5, 5.41) is 6.34. The molecule has 4 aromatic rings. The number of hydrogen-bond acceptors (Lipinski definition) is 5. The molecule has 0 spiro atoms. The first kappa shape index (κ1) is 17.8. The van der Waals surface area contributed by atoms with Crippen LogP contribution in [0.4, 0.5) is 27.3 Å². The molecule has 2 aromatic carbocycles. The largest absolute Gasteiger partial charge is 0.436 e. The number of furan rings is 1. The summed E-state index contributed by atoms with van der Waals surface area (Å²) in [7, 11) is 0. The van der Waals surface area contributed by atoms with Gasteiger partial charge in [-0.05, 0) is 36.4 Å². The van der Waals surface area contributed by atoms with Crippen LogP contribution in [0.15, 0.2) is 65.2 Å². The van der Waals surface area contributed by atoms with Gasteiger partial charge in [-0.2, -0.15) is 0 Å². The maximum absolute atomic E-state index is 13.4. The fourth-order valence-electron chi connectivity index (χ4n) is 2.76. The number of halogens is 2. The Morgan fingerprint density at radius 2 is 1.89 bits per heavy atom. The molecule has 8 heteroatoms. The van der Waals surface area contributed by atoms with Crippen LogP contribution in [-0.2, 0) is 0 Å². The van der Waals surface area contributed by atoms with Crippen molar-refractivity contribution in [1.29, 1.82) is 0 Å². The van der Waals surface area contributed by atoms with E-state index in [2.05, 4.69) is 15.6 Å². The number of hydrogen-bond donors (Lipinski definition) is 3. The molecule has 0 atom stereocenters. The van der Waals surface area contributed by atoms with E-state index >= 15 is 0 Å². The summed E-state index contributed by atoms with van der Waals surface area (Å²) >= 11 is 5.82. The Labute approximate surface area is 164 Å². The molecule has 0 aliphatic rings. The van der Waals surface area contributed by atoms with E-state index in [0.717, 1.165) is 0 Å². The number of benzene rings is 2. The molecule has 0 radical (unpaired) electrons. The van der Waals surface area contributed by atoms with Crippen molar-refractivity contribution in [2.45, 2.75) is 0 Å². The van der Waals surface area contributed by atoms with Crippen LogP contribution >= 0.6 is 11.6 Å². The minimum atomic E-state index is -0.527. The van der Waals surface area contributed by atoms with Crippen LogP contribution in [0.25, 0.3) is 11.0 Å². The van der Waals surface area contributed by atoms with Crippen molar-refractivity contribution in [3.8, 4) is 0 Å². The quantitative estimate of drug-likeness (QED) is 0.441. The maximum Gasteiger partial charge on any atom is 0.278 e. The molecule has 0 aliphatic heterocycles. The van der Waals surface area contributed by atoms with E-state index in [1.807, 2.05) is 18.2 Å². The number of rotatable bonds is 4. The minimum absolute atomic E-state index is 0.0269. The van der Waals surface area contributed by atoms with Gasteiger partial charge >= 0.3 is 0 Å². The Kier molecular flexibility index (Phi) is 4.58. The van der Waals surface area contributed by atoms with Crippen LogP contribution in [0.2, 0.25) is 5.02 Å². The number of nitrogens with two attached hydrogens (primary N) is 1. The van der Waals surface area contributed by atoms with Crippen LogP contribution in [0.5, 0.6) is 0 Å². The molecule has 1 amide bonds. The van der Waals surface area contributed by atoms with Gasteiger partial charge in [0.05, 0.1) is 10.4 Å². The highest BCUT2D eigenvalue weighted by atomic mass is 35.5. The third kappa shape index (κ3) is 3.35. The lowest BCUT2D eigenvalue weighted by molar-refractivity contribution is 0.102. The lowest BCUT2D eigenvalue weighted by Gasteiger charge is -2.07. The first-order valence-electron chi connectivity index (χ1n) is 8.28. The topological polar surface area (TPSA) is 93.2 Å². The number of nitrogens with zero attached hydrogens (tertiary/aromatic N) is 1. The molecule has 0 saturated heterocycles. The number of anilines is 4. The summed E-state index contributed by atoms with van der Waals surface area (Å²) in [4.78, 5) is 16.8. The fraction of sp³-hybridized carbons (Fsp3) is 0. The van der Waals surface area contributed by atoms with Crippen LogP contribution in [0.3, 0.4) is 0 Å². The van der Waals surface area contributed by atoms with Crippen LogP contribution in [0.1, 0.15) is 10.5 Å². The molecule has 4 N–H and O–H groups in total. The standard InChI is InChI=1S/C20H14ClFN4O2/c21-14-10-12(6-7-15(14)22)25-16-13-8-9-24-17(18(13)28-19(16)23)20(27)26-11-4-2-1-3-5-11/h1-10,25H,23H2,(H,26,27). The van der Waals surface area contributed by atoms with Gasteiger partial charge in [-0.3, -0.25) is 4.79 Å². The third-order valence-corrected chi connectivity index (χ3v) is 4.36. The van der Waals surface area contributed by atoms with E-state index in [4.69, 9.17) is 21.8 Å². The summed E-state index contributed by atoms with van der Waals surface area (Å²) in [5.41, 5.74) is 7.92. The molecule has 140 valence electrons. The molecule has 0 aliphatic carbocycles. The van der Waals surface area contributed by atoms with Gasteiger partial charge in [0.1, 0.15) is 11.5 Å². The van der Waals surface area contributed by atoms with Crippen molar-refractivity contribution < 1.29 is 13.6 Å². The van der Waals surface area contributed by atoms with Gasteiger partial charge in [-0.25, -0.2) is 9.37 Å². The Morgan fingerprint density at radius 3 is 2.64 bits per heavy atom. The fourth-order valence-corrected chi connectivity index (χ4v) is 2.94. The number of fused-ring (bicyclic) bond motifs is 1. The number of nitrogen functional groups attached to an aromatic ring is 1. The van der Waals surface area contributed by atoms with Gasteiger partial charge in [0.15, 0.2) is 11.3 Å². The zero-order valence-corrected chi connectivity index (χ0v) is 15.1. The monoisotopic (exact) mass is 396 g/mol. The Balaban J connectivity index is 1.70. The number of carbonyl (C=O) groups excluding carboxylic acids is 1. The summed E-state index contributed by atoms with van der Waals surface area (Å²) in [6.07, 6.45) is 1.49. The molecule has 0 bridgehead atoms. The molecule has 2 heterocycles. The predicted molar refractivity (Wildman–Crippen MR) is 108 cm³/mol. The van der Waals surface area contributed by atoms with E-state index in [9.17, 15) is 9.18 Å². The number of para-hydroxylation sites is 1. The number of amides is 1. The second-order valence-corrected chi connectivity index (χ2v) is 6.36. The van der Waals surface area contributed by atoms with Gasteiger partial charge in [0.2, 0.25) is 5.88 Å². The van der Waals surface area contributed by atoms with E-state index < -0.39 is 11.7 Å². The van der Waals surface area contributed by atoms with Crippen LogP contribution < -0.4 is 16.4 Å². The zero-order valence-electron chi connectivity index (χ0n) is 14.4. The van der Waals surface area contributed by atoms with E-state index in [0.29, 0.717) is 22.4 Å². The van der Waals surface area contributed by atoms with E-state index in [-0.39, 0.29) is 22.2 Å². The molecule has 0 fully saturated rings. The Hall–Kier alpha value is -3.58. The predicted octanol–water partition coefficient (Wildman–Crippen LogP) is 5.20. The van der Waals surface area contributed by atoms with E-state index in [1.165, 1.54) is 24.4 Å². The molecule has 28 heavy (non-hydrogen) atoms. The Bertz CT molecular complexity index is 1180. The first-order chi connectivity index (χ1) is 13.5. The lowest BCUT2D eigenvalue weighted by atomic mass is 10.2. The van der Waals surface area contributed by atoms with Gasteiger partial charge in [0.25, 0.3) is 5.91 Å². The molecule has 2 aromatic heterocycles. The molecule has 4 rings (SSSR count). The summed E-state index contributed by atoms with van der Waals surface area (Å²) < 4.78 is 19.0. The number of pyridine rings is 1. The van der Waals surface area contributed by atoms with Crippen molar-refractivity contribution in [2.75, 3.05) is 16.4 Å². The third-order valence-electron chi connectivity index (χ3n) is 4.07. The van der Waals surface area contributed by atoms with Crippen LogP contribution in [-0.4, -0.2) is 10.9 Å². The molecular weight excluding hydrogens is 383 g/mol. The molecule has 0 saturated carbocycles. The average molecular weight is 397 g/mol. The molecule has 0 unspecified atom stereocenters. The lowest BCUT2D eigenvalue weighted by Crippen LogP contribution is -2.13. The van der Waals surface area contributed by atoms with Gasteiger partial charge in [-0.15, -0.1) is 0 Å². The van der Waals surface area contributed by atoms with Gasteiger partial charge in [-0.1, -0.05) is 29.8 Å². The number of nitrogens with one attached hydrogen (secondary N) is 2. The second-order valence-electron chi connectivity index (χ2n) is 5.95. The molecule has 6 nitrogen and oxygen atoms in total. The smallest absolute Gasteiger partial charge is 0.278 e. The zero-order chi connectivity index (χ0) is 19.7. The average Bonchev–Trinajstić information content (AvgIpc) is 3.01. The van der Waals surface area contributed by atoms with Gasteiger partial charge < -0.3 is 20.8 Å². The highest BCUT2D eigenvalue weighted by Crippen LogP contribution is 2.36.